The molecule has 1 aliphatic heterocycles. The number of sulfonamides is 1. The molecule has 0 N–H and O–H groups in total. The number of hydrogen-bond acceptors (Lipinski definition) is 5. The van der Waals surface area contributed by atoms with Gasteiger partial charge in [0.15, 0.2) is 0 Å². The summed E-state index contributed by atoms with van der Waals surface area (Å²) in [6.07, 6.45) is 0.556. The first-order valence-electron chi connectivity index (χ1n) is 7.63. The zero-order valence-corrected chi connectivity index (χ0v) is 14.3. The molecule has 0 saturated carbocycles. The molecule has 1 saturated heterocycles. The highest BCUT2D eigenvalue weighted by Crippen LogP contribution is 2.34. The fourth-order valence-electron chi connectivity index (χ4n) is 2.76. The smallest absolute Gasteiger partial charge is 0.330 e. The van der Waals surface area contributed by atoms with Crippen LogP contribution in [0, 0.1) is 12.8 Å². The molecule has 6 nitrogen and oxygen atoms in total. The lowest BCUT2D eigenvalue weighted by Gasteiger charge is -2.25. The Bertz CT molecular complexity index is 696. The van der Waals surface area contributed by atoms with Crippen LogP contribution < -0.4 is 0 Å². The number of hydrogen-bond donors (Lipinski definition) is 0. The number of esters is 1. The third-order valence-corrected chi connectivity index (χ3v) is 5.83. The van der Waals surface area contributed by atoms with Gasteiger partial charge in [-0.1, -0.05) is 31.0 Å². The maximum atomic E-state index is 12.8. The van der Waals surface area contributed by atoms with Crippen molar-refractivity contribution in [2.45, 2.75) is 44.6 Å². The maximum absolute atomic E-state index is 12.8. The van der Waals surface area contributed by atoms with Gasteiger partial charge in [0, 0.05) is 6.42 Å². The van der Waals surface area contributed by atoms with Gasteiger partial charge in [-0.05, 0) is 31.9 Å². The van der Waals surface area contributed by atoms with Crippen molar-refractivity contribution in [3.05, 3.63) is 29.8 Å². The van der Waals surface area contributed by atoms with Crippen molar-refractivity contribution < 1.29 is 22.7 Å². The van der Waals surface area contributed by atoms with Gasteiger partial charge >= 0.3 is 5.97 Å². The van der Waals surface area contributed by atoms with Crippen molar-refractivity contribution in [3.63, 3.8) is 0 Å². The Morgan fingerprint density at radius 2 is 1.87 bits per heavy atom. The Kier molecular flexibility index (Phi) is 5.09. The number of ether oxygens (including phenoxy) is 1. The summed E-state index contributed by atoms with van der Waals surface area (Å²) in [5.41, 5.74) is 0.907. The molecule has 126 valence electrons. The van der Waals surface area contributed by atoms with E-state index in [4.69, 9.17) is 4.74 Å². The Labute approximate surface area is 136 Å². The standard InChI is InChI=1S/C16H21NO5S/c1-4-12-10-14(18)17(15(12)16(19)22-5-2)23(20,21)13-8-6-11(3)7-9-13/h6-9,12,15H,4-5,10H2,1-3H3. The Morgan fingerprint density at radius 1 is 1.26 bits per heavy atom. The Balaban J connectivity index is 2.46. The van der Waals surface area contributed by atoms with Crippen molar-refractivity contribution in [2.75, 3.05) is 6.61 Å². The van der Waals surface area contributed by atoms with Crippen LogP contribution in [0.25, 0.3) is 0 Å². The highest BCUT2D eigenvalue weighted by atomic mass is 32.2. The van der Waals surface area contributed by atoms with E-state index in [0.717, 1.165) is 5.56 Å². The molecule has 1 aliphatic rings. The van der Waals surface area contributed by atoms with Crippen molar-refractivity contribution in [1.29, 1.82) is 0 Å². The molecule has 0 aromatic heterocycles. The lowest BCUT2D eigenvalue weighted by atomic mass is 9.98. The summed E-state index contributed by atoms with van der Waals surface area (Å²) in [6, 6.07) is 5.12. The molecule has 1 aromatic carbocycles. The zero-order valence-electron chi connectivity index (χ0n) is 13.5. The van der Waals surface area contributed by atoms with Gasteiger partial charge in [0.25, 0.3) is 10.0 Å². The highest BCUT2D eigenvalue weighted by Gasteiger charge is 2.50. The zero-order chi connectivity index (χ0) is 17.2. The fraction of sp³-hybridized carbons (Fsp3) is 0.500. The number of carbonyl (C=O) groups is 2. The number of aryl methyl sites for hydroxylation is 1. The van der Waals surface area contributed by atoms with Gasteiger partial charge in [-0.3, -0.25) is 4.79 Å². The van der Waals surface area contributed by atoms with E-state index in [1.807, 2.05) is 13.8 Å². The number of benzene rings is 1. The number of carbonyl (C=O) groups excluding carboxylic acids is 2. The van der Waals surface area contributed by atoms with Crippen molar-refractivity contribution in [1.82, 2.24) is 4.31 Å². The van der Waals surface area contributed by atoms with E-state index < -0.39 is 27.9 Å². The van der Waals surface area contributed by atoms with Crippen LogP contribution in [-0.4, -0.2) is 37.2 Å². The van der Waals surface area contributed by atoms with Crippen LogP contribution in [0.3, 0.4) is 0 Å². The third kappa shape index (κ3) is 3.24. The minimum atomic E-state index is -4.08. The minimum absolute atomic E-state index is 0.00232. The predicted molar refractivity (Wildman–Crippen MR) is 84.0 cm³/mol. The van der Waals surface area contributed by atoms with Gasteiger partial charge < -0.3 is 4.74 Å². The summed E-state index contributed by atoms with van der Waals surface area (Å²) < 4.78 is 31.4. The quantitative estimate of drug-likeness (QED) is 0.765. The summed E-state index contributed by atoms with van der Waals surface area (Å²) in [6.45, 7) is 5.45. The van der Waals surface area contributed by atoms with Crippen LogP contribution >= 0.6 is 0 Å². The van der Waals surface area contributed by atoms with Crippen molar-refractivity contribution in [3.8, 4) is 0 Å². The second-order valence-corrected chi connectivity index (χ2v) is 7.39. The summed E-state index contributed by atoms with van der Waals surface area (Å²) in [7, 11) is -4.08. The molecule has 2 rings (SSSR count). The first kappa shape index (κ1) is 17.5. The molecule has 2 atom stereocenters. The molecule has 1 aromatic rings. The fourth-order valence-corrected chi connectivity index (χ4v) is 4.37. The Morgan fingerprint density at radius 3 is 2.39 bits per heavy atom. The van der Waals surface area contributed by atoms with Crippen LogP contribution in [0.15, 0.2) is 29.2 Å². The van der Waals surface area contributed by atoms with Gasteiger partial charge in [0.1, 0.15) is 6.04 Å². The maximum Gasteiger partial charge on any atom is 0.330 e. The van der Waals surface area contributed by atoms with Crippen LogP contribution in [0.1, 0.15) is 32.3 Å². The van der Waals surface area contributed by atoms with E-state index in [-0.39, 0.29) is 23.8 Å². The molecule has 23 heavy (non-hydrogen) atoms. The molecular formula is C16H21NO5S. The van der Waals surface area contributed by atoms with Gasteiger partial charge in [-0.15, -0.1) is 0 Å². The second kappa shape index (κ2) is 6.70. The van der Waals surface area contributed by atoms with E-state index in [0.29, 0.717) is 10.7 Å². The average molecular weight is 339 g/mol. The Hall–Kier alpha value is -1.89. The SMILES string of the molecule is CCOC(=O)C1C(CC)CC(=O)N1S(=O)(=O)c1ccc(C)cc1. The van der Waals surface area contributed by atoms with E-state index in [1.54, 1.807) is 19.1 Å². The monoisotopic (exact) mass is 339 g/mol. The minimum Gasteiger partial charge on any atom is -0.464 e. The molecule has 1 amide bonds. The molecule has 0 aliphatic carbocycles. The summed E-state index contributed by atoms with van der Waals surface area (Å²) in [4.78, 5) is 24.5. The van der Waals surface area contributed by atoms with Gasteiger partial charge in [0.2, 0.25) is 5.91 Å². The molecule has 1 heterocycles. The molecular weight excluding hydrogens is 318 g/mol. The van der Waals surface area contributed by atoms with E-state index >= 15 is 0 Å². The van der Waals surface area contributed by atoms with Crippen LogP contribution in [0.2, 0.25) is 0 Å². The van der Waals surface area contributed by atoms with E-state index in [9.17, 15) is 18.0 Å². The van der Waals surface area contributed by atoms with Crippen LogP contribution in [-0.2, 0) is 24.3 Å². The molecule has 0 bridgehead atoms. The molecule has 2 unspecified atom stereocenters. The molecule has 7 heteroatoms. The summed E-state index contributed by atoms with van der Waals surface area (Å²) in [5.74, 6) is -1.59. The van der Waals surface area contributed by atoms with Crippen molar-refractivity contribution in [2.24, 2.45) is 5.92 Å². The largest absolute Gasteiger partial charge is 0.464 e. The van der Waals surface area contributed by atoms with Crippen LogP contribution in [0.4, 0.5) is 0 Å². The van der Waals surface area contributed by atoms with Gasteiger partial charge in [0.05, 0.1) is 11.5 Å². The summed E-state index contributed by atoms with van der Waals surface area (Å²) >= 11 is 0. The lowest BCUT2D eigenvalue weighted by molar-refractivity contribution is -0.149. The van der Waals surface area contributed by atoms with Crippen molar-refractivity contribution >= 4 is 21.9 Å². The first-order valence-corrected chi connectivity index (χ1v) is 9.07. The van der Waals surface area contributed by atoms with E-state index in [2.05, 4.69) is 0 Å². The highest BCUT2D eigenvalue weighted by molar-refractivity contribution is 7.89. The third-order valence-electron chi connectivity index (χ3n) is 4.01. The topological polar surface area (TPSA) is 80.8 Å². The summed E-state index contributed by atoms with van der Waals surface area (Å²) in [5, 5.41) is 0. The lowest BCUT2D eigenvalue weighted by Crippen LogP contribution is -2.45. The number of nitrogens with zero attached hydrogens (tertiary/aromatic N) is 1. The van der Waals surface area contributed by atoms with E-state index in [1.165, 1.54) is 12.1 Å². The molecule has 0 radical (unpaired) electrons. The van der Waals surface area contributed by atoms with Crippen LogP contribution in [0.5, 0.6) is 0 Å². The second-order valence-electron chi connectivity index (χ2n) is 5.58. The normalized spacial score (nSPS) is 21.5. The number of amides is 1. The average Bonchev–Trinajstić information content (AvgIpc) is 2.85. The number of rotatable bonds is 5. The van der Waals surface area contributed by atoms with Gasteiger partial charge in [-0.25, -0.2) is 17.5 Å². The molecule has 1 fully saturated rings. The first-order chi connectivity index (χ1) is 10.8. The van der Waals surface area contributed by atoms with Gasteiger partial charge in [-0.2, -0.15) is 0 Å². The molecule has 0 spiro atoms. The predicted octanol–water partition coefficient (Wildman–Crippen LogP) is 1.87.